The Labute approximate surface area is 390 Å². The number of esters is 2. The van der Waals surface area contributed by atoms with E-state index in [1.165, 1.54) is 270 Å². The van der Waals surface area contributed by atoms with Crippen LogP contribution in [0.4, 0.5) is 0 Å². The van der Waals surface area contributed by atoms with Gasteiger partial charge in [0.15, 0.2) is 0 Å². The molecule has 62 heavy (non-hydrogen) atoms. The van der Waals surface area contributed by atoms with Crippen LogP contribution in [-0.4, -0.2) is 25.2 Å². The molecule has 0 heterocycles. The highest BCUT2D eigenvalue weighted by molar-refractivity contribution is 5.69. The van der Waals surface area contributed by atoms with Gasteiger partial charge in [-0.1, -0.05) is 297 Å². The van der Waals surface area contributed by atoms with Gasteiger partial charge in [0.2, 0.25) is 0 Å². The maximum Gasteiger partial charge on any atom is 0.305 e. The molecule has 0 aliphatic rings. The molecule has 0 aliphatic carbocycles. The molecule has 0 aromatic carbocycles. The maximum absolute atomic E-state index is 12.1. The van der Waals surface area contributed by atoms with Gasteiger partial charge in [-0.3, -0.25) is 9.59 Å². The third-order valence-corrected chi connectivity index (χ3v) is 13.8. The van der Waals surface area contributed by atoms with Gasteiger partial charge in [-0.2, -0.15) is 0 Å². The molecule has 4 nitrogen and oxygen atoms in total. The molecule has 2 unspecified atom stereocenters. The van der Waals surface area contributed by atoms with E-state index in [9.17, 15) is 9.59 Å². The Morgan fingerprint density at radius 1 is 0.274 bits per heavy atom. The van der Waals surface area contributed by atoms with E-state index in [0.29, 0.717) is 26.1 Å². The lowest BCUT2D eigenvalue weighted by atomic mass is 9.91. The third kappa shape index (κ3) is 51.6. The van der Waals surface area contributed by atoms with E-state index in [-0.39, 0.29) is 11.9 Å². The summed E-state index contributed by atoms with van der Waals surface area (Å²) in [6.45, 7) is 10.7. The zero-order valence-electron chi connectivity index (χ0n) is 43.1. The van der Waals surface area contributed by atoms with Crippen molar-refractivity contribution in [3.05, 3.63) is 0 Å². The summed E-state index contributed by atoms with van der Waals surface area (Å²) in [6.07, 6.45) is 62.3. The van der Waals surface area contributed by atoms with Crippen molar-refractivity contribution in [2.24, 2.45) is 11.8 Å². The lowest BCUT2D eigenvalue weighted by Crippen LogP contribution is -2.05. The summed E-state index contributed by atoms with van der Waals surface area (Å²) in [4.78, 5) is 24.2. The molecule has 0 spiro atoms. The minimum absolute atomic E-state index is 0.0193. The highest BCUT2D eigenvalue weighted by Gasteiger charge is 2.08. The monoisotopic (exact) mass is 875 g/mol. The van der Waals surface area contributed by atoms with Crippen molar-refractivity contribution < 1.29 is 19.1 Å². The normalized spacial score (nSPS) is 12.5. The average Bonchev–Trinajstić information content (AvgIpc) is 3.27. The number of carbonyl (C=O) groups is 2. The second-order valence-corrected chi connectivity index (χ2v) is 20.4. The second kappa shape index (κ2) is 52.6. The van der Waals surface area contributed by atoms with E-state index < -0.39 is 0 Å². The molecule has 370 valence electrons. The highest BCUT2D eigenvalue weighted by atomic mass is 16.5. The van der Waals surface area contributed by atoms with E-state index in [1.807, 2.05) is 0 Å². The molecule has 4 heteroatoms. The van der Waals surface area contributed by atoms with Crippen molar-refractivity contribution in [3.8, 4) is 0 Å². The van der Waals surface area contributed by atoms with Crippen LogP contribution in [0.3, 0.4) is 0 Å². The van der Waals surface area contributed by atoms with E-state index in [2.05, 4.69) is 27.7 Å². The molecule has 0 amide bonds. The first-order valence-corrected chi connectivity index (χ1v) is 28.8. The number of rotatable bonds is 53. The largest absolute Gasteiger partial charge is 0.466 e. The van der Waals surface area contributed by atoms with Crippen LogP contribution in [0.5, 0.6) is 0 Å². The molecule has 0 aromatic rings. The van der Waals surface area contributed by atoms with Crippen LogP contribution >= 0.6 is 0 Å². The first kappa shape index (κ1) is 60.9. The molecule has 0 saturated carbocycles. The van der Waals surface area contributed by atoms with Crippen LogP contribution in [0, 0.1) is 11.8 Å². The molecule has 0 rings (SSSR count). The fourth-order valence-corrected chi connectivity index (χ4v) is 9.26. The molecule has 0 saturated heterocycles. The standard InChI is InChI=1S/C58H114O4/c1-5-7-9-11-13-15-17-19-21-23-25-27-29-37-43-49-57(59)61-53-45-39-33-31-35-41-47-55(3)51-52-56(4)48-42-36-32-34-40-46-54-62-58(60)50-44-38-30-28-26-24-22-20-18-16-14-12-10-8-6-2/h55-56H,5-54H2,1-4H3. The molecule has 0 radical (unpaired) electrons. The lowest BCUT2D eigenvalue weighted by molar-refractivity contribution is -0.144. The zero-order chi connectivity index (χ0) is 45.1. The predicted molar refractivity (Wildman–Crippen MR) is 273 cm³/mol. The van der Waals surface area contributed by atoms with Crippen molar-refractivity contribution in [1.82, 2.24) is 0 Å². The van der Waals surface area contributed by atoms with Gasteiger partial charge in [-0.15, -0.1) is 0 Å². The van der Waals surface area contributed by atoms with Crippen molar-refractivity contribution >= 4 is 11.9 Å². The fourth-order valence-electron chi connectivity index (χ4n) is 9.26. The molecule has 0 N–H and O–H groups in total. The van der Waals surface area contributed by atoms with Crippen LogP contribution in [0.2, 0.25) is 0 Å². The van der Waals surface area contributed by atoms with Gasteiger partial charge in [-0.25, -0.2) is 0 Å². The van der Waals surface area contributed by atoms with E-state index in [1.54, 1.807) is 0 Å². The number of unbranched alkanes of at least 4 members (excludes halogenated alkanes) is 38. The van der Waals surface area contributed by atoms with E-state index >= 15 is 0 Å². The van der Waals surface area contributed by atoms with Gasteiger partial charge in [0.25, 0.3) is 0 Å². The van der Waals surface area contributed by atoms with Gasteiger partial charge in [0.05, 0.1) is 13.2 Å². The average molecular weight is 876 g/mol. The molecule has 0 bridgehead atoms. The predicted octanol–water partition coefficient (Wildman–Crippen LogP) is 20.1. The number of carbonyl (C=O) groups excluding carboxylic acids is 2. The Kier molecular flexibility index (Phi) is 51.7. The molecule has 0 fully saturated rings. The van der Waals surface area contributed by atoms with Gasteiger partial charge in [0.1, 0.15) is 0 Å². The summed E-state index contributed by atoms with van der Waals surface area (Å²) in [5, 5.41) is 0. The molecule has 0 aliphatic heterocycles. The first-order valence-electron chi connectivity index (χ1n) is 28.8. The van der Waals surface area contributed by atoms with Crippen molar-refractivity contribution in [2.75, 3.05) is 13.2 Å². The van der Waals surface area contributed by atoms with Gasteiger partial charge in [-0.05, 0) is 37.5 Å². The van der Waals surface area contributed by atoms with Crippen LogP contribution in [-0.2, 0) is 19.1 Å². The summed E-state index contributed by atoms with van der Waals surface area (Å²) in [6, 6.07) is 0. The van der Waals surface area contributed by atoms with Crippen molar-refractivity contribution in [3.63, 3.8) is 0 Å². The highest BCUT2D eigenvalue weighted by Crippen LogP contribution is 2.23. The lowest BCUT2D eigenvalue weighted by Gasteiger charge is -2.15. The van der Waals surface area contributed by atoms with E-state index in [0.717, 1.165) is 37.5 Å². The van der Waals surface area contributed by atoms with Gasteiger partial charge in [0, 0.05) is 12.8 Å². The minimum atomic E-state index is 0.0193. The van der Waals surface area contributed by atoms with Crippen LogP contribution in [0.1, 0.15) is 336 Å². The van der Waals surface area contributed by atoms with E-state index in [4.69, 9.17) is 9.47 Å². The SMILES string of the molecule is CCCCCCCCCCCCCCCCCC(=O)OCCCCCCCCC(C)CCC(C)CCCCCCCCOC(=O)CCCCCCCCCCCCCCCCC. The maximum atomic E-state index is 12.1. The molecular weight excluding hydrogens is 761 g/mol. The Bertz CT molecular complexity index is 801. The summed E-state index contributed by atoms with van der Waals surface area (Å²) < 4.78 is 11.0. The summed E-state index contributed by atoms with van der Waals surface area (Å²) >= 11 is 0. The Hall–Kier alpha value is -1.06. The molecule has 2 atom stereocenters. The summed E-state index contributed by atoms with van der Waals surface area (Å²) in [5.74, 6) is 1.73. The number of hydrogen-bond acceptors (Lipinski definition) is 4. The number of hydrogen-bond donors (Lipinski definition) is 0. The van der Waals surface area contributed by atoms with Crippen LogP contribution < -0.4 is 0 Å². The Morgan fingerprint density at radius 2 is 0.484 bits per heavy atom. The minimum Gasteiger partial charge on any atom is -0.466 e. The fraction of sp³-hybridized carbons (Fsp3) is 0.966. The second-order valence-electron chi connectivity index (χ2n) is 20.4. The van der Waals surface area contributed by atoms with Crippen LogP contribution in [0.15, 0.2) is 0 Å². The van der Waals surface area contributed by atoms with Crippen molar-refractivity contribution in [2.45, 2.75) is 336 Å². The summed E-state index contributed by atoms with van der Waals surface area (Å²) in [7, 11) is 0. The van der Waals surface area contributed by atoms with Crippen molar-refractivity contribution in [1.29, 1.82) is 0 Å². The summed E-state index contributed by atoms with van der Waals surface area (Å²) in [5.41, 5.74) is 0. The Balaban J connectivity index is 3.36. The Morgan fingerprint density at radius 3 is 0.742 bits per heavy atom. The third-order valence-electron chi connectivity index (χ3n) is 13.8. The molecule has 0 aromatic heterocycles. The van der Waals surface area contributed by atoms with Crippen LogP contribution in [0.25, 0.3) is 0 Å². The van der Waals surface area contributed by atoms with Gasteiger partial charge >= 0.3 is 11.9 Å². The zero-order valence-corrected chi connectivity index (χ0v) is 43.1. The quantitative estimate of drug-likeness (QED) is 0.0451. The smallest absolute Gasteiger partial charge is 0.305 e. The first-order chi connectivity index (χ1) is 30.5. The topological polar surface area (TPSA) is 52.6 Å². The number of ether oxygens (including phenoxy) is 2. The molecular formula is C58H114O4. The van der Waals surface area contributed by atoms with Gasteiger partial charge < -0.3 is 9.47 Å².